The van der Waals surface area contributed by atoms with Crippen molar-refractivity contribution in [2.45, 2.75) is 32.6 Å². The number of carboxylic acids is 1. The molecule has 21 heavy (non-hydrogen) atoms. The number of aliphatic carboxylic acids is 1. The predicted molar refractivity (Wildman–Crippen MR) is 81.6 cm³/mol. The average molecular weight is 310 g/mol. The molecule has 114 valence electrons. The van der Waals surface area contributed by atoms with Crippen LogP contribution >= 0.6 is 11.6 Å². The first-order chi connectivity index (χ1) is 9.98. The van der Waals surface area contributed by atoms with Crippen molar-refractivity contribution in [1.29, 1.82) is 0 Å². The second-order valence-electron chi connectivity index (χ2n) is 5.68. The van der Waals surface area contributed by atoms with Gasteiger partial charge in [-0.25, -0.2) is 0 Å². The van der Waals surface area contributed by atoms with Gasteiger partial charge < -0.3 is 10.0 Å². The van der Waals surface area contributed by atoms with Crippen LogP contribution in [-0.2, 0) is 4.79 Å². The second kappa shape index (κ2) is 6.48. The summed E-state index contributed by atoms with van der Waals surface area (Å²) in [6.07, 6.45) is 2.75. The molecule has 0 aliphatic carbocycles. The van der Waals surface area contributed by atoms with Crippen LogP contribution in [0.15, 0.2) is 24.3 Å². The van der Waals surface area contributed by atoms with E-state index in [2.05, 4.69) is 0 Å². The average Bonchev–Trinajstić information content (AvgIpc) is 2.47. The molecule has 4 nitrogen and oxygen atoms in total. The molecule has 1 N–H and O–H groups in total. The maximum Gasteiger partial charge on any atom is 0.311 e. The number of piperidine rings is 1. The lowest BCUT2D eigenvalue weighted by Gasteiger charge is -2.40. The van der Waals surface area contributed by atoms with E-state index in [0.29, 0.717) is 30.0 Å². The van der Waals surface area contributed by atoms with E-state index < -0.39 is 11.4 Å². The Labute approximate surface area is 129 Å². The molecular weight excluding hydrogens is 290 g/mol. The van der Waals surface area contributed by atoms with Crippen molar-refractivity contribution in [3.63, 3.8) is 0 Å². The van der Waals surface area contributed by atoms with Gasteiger partial charge in [0.05, 0.1) is 5.41 Å². The Morgan fingerprint density at radius 3 is 2.81 bits per heavy atom. The summed E-state index contributed by atoms with van der Waals surface area (Å²) in [4.78, 5) is 25.9. The van der Waals surface area contributed by atoms with Crippen LogP contribution in [0.5, 0.6) is 0 Å². The minimum atomic E-state index is -0.804. The topological polar surface area (TPSA) is 57.6 Å². The van der Waals surface area contributed by atoms with Crippen LogP contribution in [0.1, 0.15) is 43.0 Å². The molecule has 1 amide bonds. The fraction of sp³-hybridized carbons (Fsp3) is 0.500. The lowest BCUT2D eigenvalue weighted by atomic mass is 9.76. The van der Waals surface area contributed by atoms with E-state index in [0.717, 1.165) is 12.8 Å². The third kappa shape index (κ3) is 3.38. The molecule has 1 aliphatic heterocycles. The smallest absolute Gasteiger partial charge is 0.311 e. The molecule has 2 rings (SSSR count). The first-order valence-corrected chi connectivity index (χ1v) is 7.64. The monoisotopic (exact) mass is 309 g/mol. The van der Waals surface area contributed by atoms with Crippen LogP contribution in [0.25, 0.3) is 0 Å². The molecule has 1 aromatic rings. The highest BCUT2D eigenvalue weighted by Gasteiger charge is 2.42. The molecule has 1 unspecified atom stereocenters. The molecule has 0 aromatic heterocycles. The molecule has 1 aromatic carbocycles. The maximum absolute atomic E-state index is 12.5. The Morgan fingerprint density at radius 1 is 1.43 bits per heavy atom. The molecule has 0 saturated carbocycles. The number of hydrogen-bond donors (Lipinski definition) is 1. The number of halogens is 1. The standard InChI is InChI=1S/C16H20ClNO3/c1-2-7-16(15(20)21)8-4-9-18(11-16)14(19)12-5-3-6-13(17)10-12/h3,5-6,10H,2,4,7-9,11H2,1H3,(H,20,21). The summed E-state index contributed by atoms with van der Waals surface area (Å²) in [5, 5.41) is 10.1. The van der Waals surface area contributed by atoms with Gasteiger partial charge in [0, 0.05) is 23.7 Å². The van der Waals surface area contributed by atoms with Crippen LogP contribution in [0.3, 0.4) is 0 Å². The van der Waals surface area contributed by atoms with Crippen LogP contribution in [-0.4, -0.2) is 35.0 Å². The van der Waals surface area contributed by atoms with E-state index in [1.54, 1.807) is 29.2 Å². The number of carbonyl (C=O) groups excluding carboxylic acids is 1. The number of rotatable bonds is 4. The van der Waals surface area contributed by atoms with E-state index in [-0.39, 0.29) is 12.5 Å². The van der Waals surface area contributed by atoms with Gasteiger partial charge in [-0.05, 0) is 37.5 Å². The highest BCUT2D eigenvalue weighted by Crippen LogP contribution is 2.35. The van der Waals surface area contributed by atoms with Crippen molar-refractivity contribution >= 4 is 23.5 Å². The zero-order chi connectivity index (χ0) is 15.5. The van der Waals surface area contributed by atoms with Gasteiger partial charge >= 0.3 is 5.97 Å². The first-order valence-electron chi connectivity index (χ1n) is 7.27. The molecule has 0 radical (unpaired) electrons. The molecule has 0 spiro atoms. The van der Waals surface area contributed by atoms with Gasteiger partial charge in [-0.2, -0.15) is 0 Å². The molecule has 1 aliphatic rings. The Bertz CT molecular complexity index is 542. The van der Waals surface area contributed by atoms with Crippen LogP contribution < -0.4 is 0 Å². The Hall–Kier alpha value is -1.55. The Morgan fingerprint density at radius 2 is 2.19 bits per heavy atom. The van der Waals surface area contributed by atoms with E-state index in [1.165, 1.54) is 0 Å². The summed E-state index contributed by atoms with van der Waals surface area (Å²) >= 11 is 5.92. The number of carboxylic acid groups (broad SMARTS) is 1. The summed E-state index contributed by atoms with van der Waals surface area (Å²) in [7, 11) is 0. The minimum absolute atomic E-state index is 0.140. The number of amides is 1. The largest absolute Gasteiger partial charge is 0.481 e. The zero-order valence-corrected chi connectivity index (χ0v) is 12.9. The lowest BCUT2D eigenvalue weighted by Crippen LogP contribution is -2.49. The Kier molecular flexibility index (Phi) is 4.88. The summed E-state index contributed by atoms with van der Waals surface area (Å²) in [5.41, 5.74) is -0.290. The van der Waals surface area contributed by atoms with Crippen molar-refractivity contribution in [3.8, 4) is 0 Å². The van der Waals surface area contributed by atoms with Gasteiger partial charge in [-0.3, -0.25) is 9.59 Å². The quantitative estimate of drug-likeness (QED) is 0.926. The van der Waals surface area contributed by atoms with Gasteiger partial charge in [-0.15, -0.1) is 0 Å². The normalized spacial score (nSPS) is 22.1. The van der Waals surface area contributed by atoms with Crippen molar-refractivity contribution < 1.29 is 14.7 Å². The maximum atomic E-state index is 12.5. The number of hydrogen-bond acceptors (Lipinski definition) is 2. The van der Waals surface area contributed by atoms with Crippen LogP contribution in [0, 0.1) is 5.41 Å². The first kappa shape index (κ1) is 15.8. The number of likely N-dealkylation sites (tertiary alicyclic amines) is 1. The van der Waals surface area contributed by atoms with Gasteiger partial charge in [0.1, 0.15) is 0 Å². The minimum Gasteiger partial charge on any atom is -0.481 e. The number of benzene rings is 1. The molecule has 1 fully saturated rings. The third-order valence-electron chi connectivity index (χ3n) is 4.12. The number of nitrogens with zero attached hydrogens (tertiary/aromatic N) is 1. The Balaban J connectivity index is 2.20. The predicted octanol–water partition coefficient (Wildman–Crippen LogP) is 3.45. The molecule has 1 heterocycles. The molecule has 0 bridgehead atoms. The van der Waals surface area contributed by atoms with E-state index in [4.69, 9.17) is 11.6 Å². The molecular formula is C16H20ClNO3. The SMILES string of the molecule is CCCC1(C(=O)O)CCCN(C(=O)c2cccc(Cl)c2)C1. The van der Waals surface area contributed by atoms with Crippen LogP contribution in [0.2, 0.25) is 5.02 Å². The second-order valence-corrected chi connectivity index (χ2v) is 6.11. The fourth-order valence-electron chi connectivity index (χ4n) is 3.07. The summed E-state index contributed by atoms with van der Waals surface area (Å²) in [6.45, 7) is 2.86. The lowest BCUT2D eigenvalue weighted by molar-refractivity contribution is -0.152. The molecule has 1 saturated heterocycles. The van der Waals surface area contributed by atoms with Crippen molar-refractivity contribution in [2.75, 3.05) is 13.1 Å². The van der Waals surface area contributed by atoms with Crippen LogP contribution in [0.4, 0.5) is 0 Å². The summed E-state index contributed by atoms with van der Waals surface area (Å²) in [5.74, 6) is -0.938. The third-order valence-corrected chi connectivity index (χ3v) is 4.35. The highest BCUT2D eigenvalue weighted by molar-refractivity contribution is 6.30. The van der Waals surface area contributed by atoms with Crippen molar-refractivity contribution in [2.24, 2.45) is 5.41 Å². The summed E-state index contributed by atoms with van der Waals surface area (Å²) in [6, 6.07) is 6.79. The van der Waals surface area contributed by atoms with E-state index in [9.17, 15) is 14.7 Å². The molecule has 1 atom stereocenters. The van der Waals surface area contributed by atoms with Crippen molar-refractivity contribution in [1.82, 2.24) is 4.90 Å². The van der Waals surface area contributed by atoms with Gasteiger partial charge in [-0.1, -0.05) is 31.0 Å². The number of carbonyl (C=O) groups is 2. The van der Waals surface area contributed by atoms with Gasteiger partial charge in [0.25, 0.3) is 5.91 Å². The molecule has 5 heteroatoms. The summed E-state index contributed by atoms with van der Waals surface area (Å²) < 4.78 is 0. The fourth-order valence-corrected chi connectivity index (χ4v) is 3.26. The zero-order valence-electron chi connectivity index (χ0n) is 12.1. The van der Waals surface area contributed by atoms with Gasteiger partial charge in [0.2, 0.25) is 0 Å². The van der Waals surface area contributed by atoms with Crippen molar-refractivity contribution in [3.05, 3.63) is 34.9 Å². The van der Waals surface area contributed by atoms with Gasteiger partial charge in [0.15, 0.2) is 0 Å². The highest BCUT2D eigenvalue weighted by atomic mass is 35.5. The van der Waals surface area contributed by atoms with E-state index >= 15 is 0 Å². The van der Waals surface area contributed by atoms with E-state index in [1.807, 2.05) is 6.92 Å².